The number of fused-ring (bicyclic) bond motifs is 7. The van der Waals surface area contributed by atoms with Crippen molar-refractivity contribution in [1.82, 2.24) is 0 Å². The summed E-state index contributed by atoms with van der Waals surface area (Å²) < 4.78 is 0. The molecule has 1 heteroatoms. The summed E-state index contributed by atoms with van der Waals surface area (Å²) in [5.74, 6) is 0.208. The Bertz CT molecular complexity index is 3010. The molecule has 0 amide bonds. The average Bonchev–Trinajstić information content (AvgIpc) is 3.81. The van der Waals surface area contributed by atoms with E-state index < -0.39 is 5.41 Å². The van der Waals surface area contributed by atoms with Crippen LogP contribution in [0.2, 0.25) is 0 Å². The highest BCUT2D eigenvalue weighted by Gasteiger charge is 2.53. The summed E-state index contributed by atoms with van der Waals surface area (Å²) in [4.78, 5) is 2.54. The molecule has 8 aromatic rings. The van der Waals surface area contributed by atoms with E-state index in [9.17, 15) is 0 Å². The molecule has 0 radical (unpaired) electrons. The van der Waals surface area contributed by atoms with Crippen LogP contribution in [0.3, 0.4) is 0 Å². The Hall–Kier alpha value is -7.48. The van der Waals surface area contributed by atoms with Crippen molar-refractivity contribution in [2.45, 2.75) is 24.7 Å². The minimum Gasteiger partial charge on any atom is -0.338 e. The fraction of sp³-hybridized carbons (Fsp3) is 0.0820. The van der Waals surface area contributed by atoms with Gasteiger partial charge in [0.25, 0.3) is 0 Å². The molecule has 0 saturated carbocycles. The third kappa shape index (κ3) is 6.24. The zero-order chi connectivity index (χ0) is 41.5. The molecule has 0 aliphatic heterocycles. The minimum absolute atomic E-state index is 0.208. The molecule has 8 aromatic carbocycles. The third-order valence-electron chi connectivity index (χ3n) is 13.4. The quantitative estimate of drug-likeness (QED) is 0.148. The van der Waals surface area contributed by atoms with E-state index in [-0.39, 0.29) is 5.92 Å². The van der Waals surface area contributed by atoms with Crippen LogP contribution in [0.5, 0.6) is 0 Å². The van der Waals surface area contributed by atoms with Gasteiger partial charge in [-0.3, -0.25) is 0 Å². The van der Waals surface area contributed by atoms with Crippen LogP contribution in [0, 0.1) is 0 Å². The van der Waals surface area contributed by atoms with Gasteiger partial charge in [-0.15, -0.1) is 0 Å². The van der Waals surface area contributed by atoms with Crippen molar-refractivity contribution in [3.05, 3.63) is 281 Å². The number of hydrogen-bond acceptors (Lipinski definition) is 1. The number of allylic oxidation sites excluding steroid dienone is 6. The van der Waals surface area contributed by atoms with Crippen LogP contribution in [-0.4, -0.2) is 6.54 Å². The number of hydrogen-bond donors (Lipinski definition) is 0. The lowest BCUT2D eigenvalue weighted by molar-refractivity contribution is 0.788. The lowest BCUT2D eigenvalue weighted by atomic mass is 9.70. The van der Waals surface area contributed by atoms with Gasteiger partial charge in [0, 0.05) is 23.8 Å². The molecule has 0 aromatic heterocycles. The fourth-order valence-corrected chi connectivity index (χ4v) is 10.6. The van der Waals surface area contributed by atoms with Gasteiger partial charge < -0.3 is 4.90 Å². The zero-order valence-corrected chi connectivity index (χ0v) is 35.0. The summed E-state index contributed by atoms with van der Waals surface area (Å²) in [7, 11) is 0. The lowest BCUT2D eigenvalue weighted by Gasteiger charge is -2.33. The van der Waals surface area contributed by atoms with Crippen LogP contribution in [0.25, 0.3) is 44.5 Å². The summed E-state index contributed by atoms with van der Waals surface area (Å²) >= 11 is 0. The molecule has 0 N–H and O–H groups in total. The Morgan fingerprint density at radius 2 is 1.00 bits per heavy atom. The van der Waals surface area contributed by atoms with Crippen LogP contribution < -0.4 is 4.90 Å². The molecule has 0 heterocycles. The van der Waals surface area contributed by atoms with Gasteiger partial charge in [0.05, 0.1) is 5.41 Å². The first kappa shape index (κ1) is 37.5. The van der Waals surface area contributed by atoms with Crippen molar-refractivity contribution < 1.29 is 0 Å². The summed E-state index contributed by atoms with van der Waals surface area (Å²) in [6.07, 6.45) is 10.7. The molecule has 3 aliphatic carbocycles. The third-order valence-corrected chi connectivity index (χ3v) is 13.4. The van der Waals surface area contributed by atoms with Gasteiger partial charge in [-0.2, -0.15) is 0 Å². The Kier molecular flexibility index (Phi) is 9.59. The molecule has 11 rings (SSSR count). The number of nitrogens with zero attached hydrogens (tertiary/aromatic N) is 1. The molecule has 1 nitrogen and oxygen atoms in total. The number of rotatable bonds is 8. The normalized spacial score (nSPS) is 17.0. The molecular weight excluding hydrogens is 747 g/mol. The predicted octanol–water partition coefficient (Wildman–Crippen LogP) is 15.3. The maximum atomic E-state index is 2.55. The second kappa shape index (κ2) is 15.8. The van der Waals surface area contributed by atoms with E-state index >= 15 is 0 Å². The maximum absolute atomic E-state index is 2.55. The minimum atomic E-state index is -0.421. The van der Waals surface area contributed by atoms with Gasteiger partial charge in [0.1, 0.15) is 0 Å². The molecule has 62 heavy (non-hydrogen) atoms. The summed E-state index contributed by atoms with van der Waals surface area (Å²) in [6, 6.07) is 78.0. The van der Waals surface area contributed by atoms with Gasteiger partial charge in [-0.1, -0.05) is 218 Å². The molecule has 0 unspecified atom stereocenters. The first-order valence-electron chi connectivity index (χ1n) is 21.9. The highest BCUT2D eigenvalue weighted by molar-refractivity contribution is 6.00. The number of anilines is 1. The molecule has 0 fully saturated rings. The standard InChI is InChI=1S/C61H47N/c1-2-51-53-27-12-15-30-57(53)61(58-31-16-13-28-54(58)55-29-14-17-32-59(55)61)60(51)39-40-62(49-35-33-45(34-36-49)43-19-6-3-7-20-43)50-37-38-52(56(42-50)46-23-10-5-11-24-46)48-26-18-25-47(41-48)44-21-8-4-9-22-44/h2-37,39,41-42,52H,38,40H2,1H3/b51-2-,60-39+/t52-/m1/s1. The second-order valence-corrected chi connectivity index (χ2v) is 16.6. The highest BCUT2D eigenvalue weighted by atomic mass is 15.1. The topological polar surface area (TPSA) is 3.24 Å². The van der Waals surface area contributed by atoms with Crippen LogP contribution in [0.4, 0.5) is 5.69 Å². The van der Waals surface area contributed by atoms with Crippen molar-refractivity contribution in [3.8, 4) is 33.4 Å². The van der Waals surface area contributed by atoms with Crippen molar-refractivity contribution in [1.29, 1.82) is 0 Å². The zero-order valence-electron chi connectivity index (χ0n) is 35.0. The monoisotopic (exact) mass is 793 g/mol. The van der Waals surface area contributed by atoms with Crippen molar-refractivity contribution in [2.75, 3.05) is 11.4 Å². The van der Waals surface area contributed by atoms with Crippen molar-refractivity contribution in [2.24, 2.45) is 0 Å². The van der Waals surface area contributed by atoms with Crippen molar-refractivity contribution in [3.63, 3.8) is 0 Å². The van der Waals surface area contributed by atoms with Crippen LogP contribution in [-0.2, 0) is 5.41 Å². The van der Waals surface area contributed by atoms with E-state index in [1.807, 2.05) is 0 Å². The number of benzene rings is 8. The van der Waals surface area contributed by atoms with Gasteiger partial charge in [-0.25, -0.2) is 0 Å². The Morgan fingerprint density at radius 3 is 1.61 bits per heavy atom. The molecule has 3 aliphatic rings. The molecular formula is C61H47N. The van der Waals surface area contributed by atoms with Gasteiger partial charge in [0.2, 0.25) is 0 Å². The molecule has 1 atom stereocenters. The average molecular weight is 794 g/mol. The van der Waals surface area contributed by atoms with Gasteiger partial charge >= 0.3 is 0 Å². The molecule has 1 spiro atoms. The van der Waals surface area contributed by atoms with E-state index in [0.29, 0.717) is 6.54 Å². The predicted molar refractivity (Wildman–Crippen MR) is 261 cm³/mol. The Morgan fingerprint density at radius 1 is 0.500 bits per heavy atom. The largest absolute Gasteiger partial charge is 0.338 e. The van der Waals surface area contributed by atoms with E-state index in [2.05, 4.69) is 248 Å². The van der Waals surface area contributed by atoms with E-state index in [1.165, 1.54) is 94.9 Å². The lowest BCUT2D eigenvalue weighted by Crippen LogP contribution is -2.28. The molecule has 296 valence electrons. The van der Waals surface area contributed by atoms with Crippen molar-refractivity contribution >= 4 is 16.8 Å². The smallest absolute Gasteiger partial charge is 0.0723 e. The highest BCUT2D eigenvalue weighted by Crippen LogP contribution is 2.63. The Labute approximate surface area is 366 Å². The Balaban J connectivity index is 1.07. The van der Waals surface area contributed by atoms with E-state index in [4.69, 9.17) is 0 Å². The summed E-state index contributed by atoms with van der Waals surface area (Å²) in [5.41, 5.74) is 21.5. The van der Waals surface area contributed by atoms with E-state index in [1.54, 1.807) is 0 Å². The second-order valence-electron chi connectivity index (χ2n) is 16.6. The van der Waals surface area contributed by atoms with E-state index in [0.717, 1.165) is 6.42 Å². The first-order chi connectivity index (χ1) is 30.7. The maximum Gasteiger partial charge on any atom is 0.0723 e. The summed E-state index contributed by atoms with van der Waals surface area (Å²) in [6.45, 7) is 2.90. The van der Waals surface area contributed by atoms with Crippen LogP contribution >= 0.6 is 0 Å². The van der Waals surface area contributed by atoms with Crippen LogP contribution in [0.15, 0.2) is 248 Å². The first-order valence-corrected chi connectivity index (χ1v) is 21.9. The molecule has 0 saturated heterocycles. The SMILES string of the molecule is C/C=C1\C(=C/CN(C2=CC[C@H](c3cccc(-c4ccccc4)c3)C(c3ccccc3)=C2)c2ccc(-c3ccccc3)cc2)C2(c3ccccc31)c1ccccc1-c1ccccc12. The summed E-state index contributed by atoms with van der Waals surface area (Å²) in [5, 5.41) is 0. The molecule has 0 bridgehead atoms. The van der Waals surface area contributed by atoms with Gasteiger partial charge in [-0.05, 0) is 115 Å². The van der Waals surface area contributed by atoms with Gasteiger partial charge in [0.15, 0.2) is 0 Å². The fourth-order valence-electron chi connectivity index (χ4n) is 10.6. The van der Waals surface area contributed by atoms with Crippen LogP contribution in [0.1, 0.15) is 52.6 Å².